The van der Waals surface area contributed by atoms with Crippen LogP contribution in [0.25, 0.3) is 0 Å². The minimum Gasteiger partial charge on any atom is -0.316 e. The third kappa shape index (κ3) is 2.27. The fourth-order valence-electron chi connectivity index (χ4n) is 1.09. The first-order valence-electron chi connectivity index (χ1n) is 4.00. The lowest BCUT2D eigenvalue weighted by Crippen LogP contribution is -2.29. The van der Waals surface area contributed by atoms with E-state index in [0.717, 1.165) is 18.2 Å². The molecule has 4 nitrogen and oxygen atoms in total. The van der Waals surface area contributed by atoms with Crippen LogP contribution in [-0.4, -0.2) is 11.1 Å². The predicted molar refractivity (Wildman–Crippen MR) is 46.0 cm³/mol. The van der Waals surface area contributed by atoms with E-state index in [-0.39, 0.29) is 0 Å². The average Bonchev–Trinajstić information content (AvgIpc) is 2.15. The van der Waals surface area contributed by atoms with Gasteiger partial charge in [-0.2, -0.15) is 17.6 Å². The minimum atomic E-state index is -4.85. The molecule has 0 aromatic heterocycles. The normalized spacial score (nSPS) is 13.6. The maximum Gasteiger partial charge on any atom is 0.407 e. The Bertz CT molecular complexity index is 419. The van der Waals surface area contributed by atoms with Crippen molar-refractivity contribution in [2.45, 2.75) is 12.2 Å². The summed E-state index contributed by atoms with van der Waals surface area (Å²) >= 11 is 0. The number of hydrogen-bond donors (Lipinski definition) is 1. The molecule has 0 bridgehead atoms. The molecule has 1 aromatic rings. The first-order chi connectivity index (χ1) is 7.25. The quantitative estimate of drug-likeness (QED) is 0.488. The highest BCUT2D eigenvalue weighted by Crippen LogP contribution is 2.34. The fraction of sp³-hybridized carbons (Fsp3) is 0.250. The molecule has 0 saturated heterocycles. The highest BCUT2D eigenvalue weighted by Gasteiger charge is 2.40. The van der Waals surface area contributed by atoms with Crippen LogP contribution in [0.15, 0.2) is 18.2 Å². The summed E-state index contributed by atoms with van der Waals surface area (Å²) in [6, 6.07) is -0.0997. The van der Waals surface area contributed by atoms with Gasteiger partial charge in [0, 0.05) is 11.6 Å². The SMILES string of the molecule is N[C@@H](c1cccc([N+](=O)[O-])c1F)C(F)(F)F. The van der Waals surface area contributed by atoms with E-state index in [1.54, 1.807) is 0 Å². The molecule has 0 radical (unpaired) electrons. The Balaban J connectivity index is 3.26. The van der Waals surface area contributed by atoms with Crippen LogP contribution in [0.1, 0.15) is 11.6 Å². The highest BCUT2D eigenvalue weighted by molar-refractivity contribution is 5.38. The first-order valence-corrected chi connectivity index (χ1v) is 4.00. The zero-order valence-electron chi connectivity index (χ0n) is 7.66. The number of nitro benzene ring substituents is 1. The lowest BCUT2D eigenvalue weighted by atomic mass is 10.1. The fourth-order valence-corrected chi connectivity index (χ4v) is 1.09. The van der Waals surface area contributed by atoms with Crippen LogP contribution >= 0.6 is 0 Å². The van der Waals surface area contributed by atoms with E-state index < -0.39 is 34.2 Å². The second kappa shape index (κ2) is 4.05. The largest absolute Gasteiger partial charge is 0.407 e. The Morgan fingerprint density at radius 2 is 1.94 bits per heavy atom. The van der Waals surface area contributed by atoms with Crippen molar-refractivity contribution in [2.75, 3.05) is 0 Å². The van der Waals surface area contributed by atoms with Crippen LogP contribution in [-0.2, 0) is 0 Å². The standard InChI is InChI=1S/C8H6F4N2O2/c9-6-4(7(13)8(10,11)12)2-1-3-5(6)14(15)16/h1-3,7H,13H2/t7-/m0/s1. The van der Waals surface area contributed by atoms with E-state index in [1.165, 1.54) is 0 Å². The number of benzene rings is 1. The summed E-state index contributed by atoms with van der Waals surface area (Å²) in [4.78, 5) is 9.18. The average molecular weight is 238 g/mol. The van der Waals surface area contributed by atoms with Crippen molar-refractivity contribution in [3.8, 4) is 0 Å². The summed E-state index contributed by atoms with van der Waals surface area (Å²) in [5, 5.41) is 10.3. The van der Waals surface area contributed by atoms with Gasteiger partial charge in [0.25, 0.3) is 0 Å². The predicted octanol–water partition coefficient (Wildman–Crippen LogP) is 2.30. The van der Waals surface area contributed by atoms with E-state index >= 15 is 0 Å². The van der Waals surface area contributed by atoms with Crippen LogP contribution in [0.3, 0.4) is 0 Å². The van der Waals surface area contributed by atoms with Gasteiger partial charge in [-0.25, -0.2) is 0 Å². The van der Waals surface area contributed by atoms with Gasteiger partial charge < -0.3 is 5.73 Å². The Morgan fingerprint density at radius 3 is 2.38 bits per heavy atom. The van der Waals surface area contributed by atoms with Crippen LogP contribution < -0.4 is 5.73 Å². The number of alkyl halides is 3. The van der Waals surface area contributed by atoms with Gasteiger partial charge in [0.05, 0.1) is 4.92 Å². The minimum absolute atomic E-state index is 0.764. The number of halogens is 4. The van der Waals surface area contributed by atoms with Crippen molar-refractivity contribution in [3.05, 3.63) is 39.7 Å². The van der Waals surface area contributed by atoms with Crippen LogP contribution in [0, 0.1) is 15.9 Å². The molecule has 1 rings (SSSR count). The summed E-state index contributed by atoms with van der Waals surface area (Å²) in [6.07, 6.45) is -4.85. The molecule has 0 fully saturated rings. The van der Waals surface area contributed by atoms with Crippen LogP contribution in [0.5, 0.6) is 0 Å². The third-order valence-corrected chi connectivity index (χ3v) is 1.89. The van der Waals surface area contributed by atoms with Crippen molar-refractivity contribution < 1.29 is 22.5 Å². The molecule has 16 heavy (non-hydrogen) atoms. The van der Waals surface area contributed by atoms with E-state index in [0.29, 0.717) is 0 Å². The summed E-state index contributed by atoms with van der Waals surface area (Å²) in [5.74, 6) is -1.56. The molecule has 1 atom stereocenters. The summed E-state index contributed by atoms with van der Waals surface area (Å²) in [7, 11) is 0. The Morgan fingerprint density at radius 1 is 1.38 bits per heavy atom. The Labute approximate surface area is 86.8 Å². The van der Waals surface area contributed by atoms with Gasteiger partial charge in [0.1, 0.15) is 6.04 Å². The third-order valence-electron chi connectivity index (χ3n) is 1.89. The van der Waals surface area contributed by atoms with Gasteiger partial charge in [-0.05, 0) is 0 Å². The highest BCUT2D eigenvalue weighted by atomic mass is 19.4. The summed E-state index contributed by atoms with van der Waals surface area (Å²) < 4.78 is 49.8. The molecule has 0 saturated carbocycles. The lowest BCUT2D eigenvalue weighted by molar-refractivity contribution is -0.387. The van der Waals surface area contributed by atoms with Gasteiger partial charge in [-0.1, -0.05) is 12.1 Å². The molecule has 0 amide bonds. The van der Waals surface area contributed by atoms with Crippen LogP contribution in [0.2, 0.25) is 0 Å². The number of nitrogens with two attached hydrogens (primary N) is 1. The number of rotatable bonds is 2. The van der Waals surface area contributed by atoms with Crippen molar-refractivity contribution in [1.82, 2.24) is 0 Å². The molecule has 0 aliphatic carbocycles. The smallest absolute Gasteiger partial charge is 0.316 e. The van der Waals surface area contributed by atoms with E-state index in [2.05, 4.69) is 0 Å². The molecule has 0 aliphatic heterocycles. The maximum absolute atomic E-state index is 13.3. The zero-order chi connectivity index (χ0) is 12.5. The number of nitro groups is 1. The van der Waals surface area contributed by atoms with Gasteiger partial charge in [-0.3, -0.25) is 10.1 Å². The molecule has 0 spiro atoms. The zero-order valence-corrected chi connectivity index (χ0v) is 7.66. The van der Waals surface area contributed by atoms with Gasteiger partial charge in [0.15, 0.2) is 0 Å². The second-order valence-corrected chi connectivity index (χ2v) is 2.96. The molecule has 2 N–H and O–H groups in total. The number of nitrogens with zero attached hydrogens (tertiary/aromatic N) is 1. The van der Waals surface area contributed by atoms with Gasteiger partial charge in [0.2, 0.25) is 5.82 Å². The molecule has 0 heterocycles. The maximum atomic E-state index is 13.3. The summed E-state index contributed by atoms with van der Waals surface area (Å²) in [6.45, 7) is 0. The van der Waals surface area contributed by atoms with Crippen molar-refractivity contribution in [2.24, 2.45) is 5.73 Å². The monoisotopic (exact) mass is 238 g/mol. The molecule has 1 aromatic carbocycles. The van der Waals surface area contributed by atoms with Crippen molar-refractivity contribution >= 4 is 5.69 Å². The second-order valence-electron chi connectivity index (χ2n) is 2.96. The van der Waals surface area contributed by atoms with Gasteiger partial charge >= 0.3 is 11.9 Å². The summed E-state index contributed by atoms with van der Waals surface area (Å²) in [5.41, 5.74) is 2.78. The van der Waals surface area contributed by atoms with E-state index in [9.17, 15) is 27.7 Å². The Kier molecular flexibility index (Phi) is 3.13. The molecule has 0 unspecified atom stereocenters. The lowest BCUT2D eigenvalue weighted by Gasteiger charge is -2.16. The Hall–Kier alpha value is -1.70. The van der Waals surface area contributed by atoms with E-state index in [1.807, 2.05) is 0 Å². The van der Waals surface area contributed by atoms with E-state index in [4.69, 9.17) is 5.73 Å². The molecule has 0 aliphatic rings. The van der Waals surface area contributed by atoms with Gasteiger partial charge in [-0.15, -0.1) is 0 Å². The molecular formula is C8H6F4N2O2. The molecule has 88 valence electrons. The van der Waals surface area contributed by atoms with Crippen molar-refractivity contribution in [1.29, 1.82) is 0 Å². The van der Waals surface area contributed by atoms with Crippen LogP contribution in [0.4, 0.5) is 23.2 Å². The first kappa shape index (κ1) is 12.4. The number of hydrogen-bond acceptors (Lipinski definition) is 3. The molecule has 8 heteroatoms. The topological polar surface area (TPSA) is 69.2 Å². The van der Waals surface area contributed by atoms with Crippen molar-refractivity contribution in [3.63, 3.8) is 0 Å². The molecular weight excluding hydrogens is 232 g/mol.